The van der Waals surface area contributed by atoms with Crippen LogP contribution < -0.4 is 0 Å². The van der Waals surface area contributed by atoms with Gasteiger partial charge in [-0.2, -0.15) is 0 Å². The van der Waals surface area contributed by atoms with Gasteiger partial charge in [0.2, 0.25) is 0 Å². The number of aryl methyl sites for hydroxylation is 19. The lowest BCUT2D eigenvalue weighted by molar-refractivity contribution is 1.32. The molecular formula is C103H108. The van der Waals surface area contributed by atoms with E-state index in [-0.39, 0.29) is 0 Å². The lowest BCUT2D eigenvalue weighted by Crippen LogP contribution is -1.90. The van der Waals surface area contributed by atoms with Gasteiger partial charge >= 0.3 is 0 Å². The van der Waals surface area contributed by atoms with Crippen LogP contribution in [0.1, 0.15) is 106 Å². The molecule has 0 fully saturated rings. The molecule has 0 radical (unpaired) electrons. The second-order valence-electron chi connectivity index (χ2n) is 28.4. The van der Waals surface area contributed by atoms with Gasteiger partial charge in [-0.15, -0.1) is 0 Å². The van der Waals surface area contributed by atoms with Crippen molar-refractivity contribution in [1.29, 1.82) is 0 Å². The molecule has 0 aliphatic carbocycles. The molecular weight excluding hydrogens is 1240 g/mol. The highest BCUT2D eigenvalue weighted by molar-refractivity contribution is 5.74. The first-order chi connectivity index (χ1) is 49.3. The Balaban J connectivity index is 0.000000152. The van der Waals surface area contributed by atoms with E-state index in [1.54, 1.807) is 0 Å². The van der Waals surface area contributed by atoms with Crippen molar-refractivity contribution in [2.75, 3.05) is 0 Å². The molecule has 0 saturated heterocycles. The van der Waals surface area contributed by atoms with E-state index in [0.717, 1.165) is 0 Å². The molecule has 0 nitrogen and oxygen atoms in total. The van der Waals surface area contributed by atoms with Crippen LogP contribution >= 0.6 is 0 Å². The molecule has 0 N–H and O–H groups in total. The second kappa shape index (κ2) is 38.2. The van der Waals surface area contributed by atoms with E-state index in [2.05, 4.69) is 441 Å². The maximum Gasteiger partial charge on any atom is -0.0125 e. The van der Waals surface area contributed by atoms with Gasteiger partial charge in [-0.05, 0) is 243 Å². The summed E-state index contributed by atoms with van der Waals surface area (Å²) in [5, 5.41) is 0. The molecule has 0 spiro atoms. The Morgan fingerprint density at radius 2 is 0.379 bits per heavy atom. The highest BCUT2D eigenvalue weighted by Gasteiger charge is 2.09. The van der Waals surface area contributed by atoms with Crippen LogP contribution in [-0.2, 0) is 0 Å². The third kappa shape index (κ3) is 24.1. The quantitative estimate of drug-likeness (QED) is 0.149. The Bertz CT molecular complexity index is 4940. The van der Waals surface area contributed by atoms with Gasteiger partial charge in [0.25, 0.3) is 0 Å². The monoisotopic (exact) mass is 1340 g/mol. The minimum Gasteiger partial charge on any atom is -0.0620 e. The highest BCUT2D eigenvalue weighted by atomic mass is 14.1. The van der Waals surface area contributed by atoms with Gasteiger partial charge < -0.3 is 0 Å². The zero-order valence-electron chi connectivity index (χ0n) is 64.9. The second-order valence-corrected chi connectivity index (χ2v) is 28.4. The zero-order valence-corrected chi connectivity index (χ0v) is 64.9. The molecule has 0 saturated carbocycles. The fraction of sp³-hybridized carbons (Fsp3) is 0.184. The van der Waals surface area contributed by atoms with Gasteiger partial charge in [0.1, 0.15) is 0 Å². The van der Waals surface area contributed by atoms with Gasteiger partial charge in [0.15, 0.2) is 0 Å². The Morgan fingerprint density at radius 3 is 0.777 bits per heavy atom. The normalized spacial score (nSPS) is 10.3. The van der Waals surface area contributed by atoms with E-state index < -0.39 is 0 Å². The van der Waals surface area contributed by atoms with Crippen LogP contribution in [0.4, 0.5) is 0 Å². The molecule has 0 atom stereocenters. The summed E-state index contributed by atoms with van der Waals surface area (Å²) < 4.78 is 0. The average Bonchev–Trinajstić information content (AvgIpc) is 0.829. The summed E-state index contributed by atoms with van der Waals surface area (Å²) in [6.07, 6.45) is 0. The van der Waals surface area contributed by atoms with Gasteiger partial charge in [-0.25, -0.2) is 0 Å². The van der Waals surface area contributed by atoms with E-state index in [0.29, 0.717) is 0 Å². The minimum absolute atomic E-state index is 1.29. The SMILES string of the molecule is Cc1ccc(-c2c(C)cc(C)cc2C)cc1.Cc1ccc(-c2cccc(C)c2)cc1.Cc1cccc(-c2c(C)cccc2C)c1.Cc1cccc(-c2cc(C)cc(C)c2)c1.Cc1cccc(-c2ccc(C)cc2C)c1.Cc1cccc(-c2cccc(C)c2)c1.Cc1cccc(-c2ccccc2C)c1. The van der Waals surface area contributed by atoms with Crippen LogP contribution in [0.15, 0.2) is 309 Å². The standard InChI is InChI=1S/C16H18.3C15H16.3C14H14/c1-11-5-7-15(8-6-11)16-13(3)9-12(2)10-14(16)4;1-11-6-4-9-14(10-11)15-12(2)7-5-8-13(15)3;1-11-5-4-6-14(8-11)15-9-12(2)7-13(3)10-15;1-11-5-4-6-14(10-11)15-8-7-12(2)9-13(15)3;1-11-5-3-7-13(9-11)14-8-4-6-12(2)10-14;1-11-6-5-8-13(10-11)14-9-4-3-7-12(14)2;1-11-6-8-13(9-7-11)14-5-3-4-12(2)10-14/h5-10H,1-4H3;3*4-10H,1-3H3;3*3-10H,1-2H3. The average molecular weight is 1350 g/mol. The summed E-state index contributed by atoms with van der Waals surface area (Å²) in [7, 11) is 0. The predicted molar refractivity (Wildman–Crippen MR) is 453 cm³/mol. The summed E-state index contributed by atoms with van der Waals surface area (Å²) >= 11 is 0. The van der Waals surface area contributed by atoms with Gasteiger partial charge in [-0.1, -0.05) is 382 Å². The van der Waals surface area contributed by atoms with Crippen LogP contribution in [0.3, 0.4) is 0 Å². The van der Waals surface area contributed by atoms with E-state index >= 15 is 0 Å². The number of benzene rings is 14. The molecule has 520 valence electrons. The first-order valence-electron chi connectivity index (χ1n) is 36.3. The van der Waals surface area contributed by atoms with Crippen LogP contribution in [0.2, 0.25) is 0 Å². The van der Waals surface area contributed by atoms with E-state index in [9.17, 15) is 0 Å². The number of hydrogen-bond acceptors (Lipinski definition) is 0. The van der Waals surface area contributed by atoms with Crippen molar-refractivity contribution in [3.05, 3.63) is 415 Å². The number of hydrogen-bond donors (Lipinski definition) is 0. The molecule has 14 aromatic rings. The molecule has 103 heavy (non-hydrogen) atoms. The summed E-state index contributed by atoms with van der Waals surface area (Å²) in [6.45, 7) is 40.7. The van der Waals surface area contributed by atoms with Gasteiger partial charge in [0, 0.05) is 0 Å². The number of rotatable bonds is 7. The third-order valence-electron chi connectivity index (χ3n) is 18.3. The molecule has 0 bridgehead atoms. The predicted octanol–water partition coefficient (Wildman–Crippen LogP) is 29.3. The lowest BCUT2D eigenvalue weighted by atomic mass is 9.93. The van der Waals surface area contributed by atoms with Crippen LogP contribution in [0.25, 0.3) is 77.9 Å². The molecule has 0 heterocycles. The molecule has 0 heteroatoms. The van der Waals surface area contributed by atoms with Gasteiger partial charge in [-0.3, -0.25) is 0 Å². The van der Waals surface area contributed by atoms with Crippen molar-refractivity contribution in [1.82, 2.24) is 0 Å². The van der Waals surface area contributed by atoms with Crippen molar-refractivity contribution in [2.45, 2.75) is 132 Å². The van der Waals surface area contributed by atoms with Crippen LogP contribution in [0, 0.1) is 132 Å². The Morgan fingerprint density at radius 1 is 0.117 bits per heavy atom. The molecule has 0 amide bonds. The Hall–Kier alpha value is -10.9. The van der Waals surface area contributed by atoms with E-state index in [1.807, 2.05) is 0 Å². The fourth-order valence-corrected chi connectivity index (χ4v) is 13.3. The highest BCUT2D eigenvalue weighted by Crippen LogP contribution is 2.32. The molecule has 0 unspecified atom stereocenters. The van der Waals surface area contributed by atoms with Crippen molar-refractivity contribution in [3.63, 3.8) is 0 Å². The van der Waals surface area contributed by atoms with Crippen LogP contribution in [-0.4, -0.2) is 0 Å². The largest absolute Gasteiger partial charge is 0.0620 e. The summed E-state index contributed by atoms with van der Waals surface area (Å²) in [5.74, 6) is 0. The molecule has 0 aliphatic heterocycles. The van der Waals surface area contributed by atoms with E-state index in [1.165, 1.54) is 184 Å². The lowest BCUT2D eigenvalue weighted by Gasteiger charge is -2.11. The molecule has 14 aromatic carbocycles. The minimum atomic E-state index is 1.29. The van der Waals surface area contributed by atoms with Gasteiger partial charge in [0.05, 0.1) is 0 Å². The summed E-state index contributed by atoms with van der Waals surface area (Å²) in [5.41, 5.74) is 43.7. The Kier molecular flexibility index (Phi) is 28.9. The first kappa shape index (κ1) is 77.8. The summed E-state index contributed by atoms with van der Waals surface area (Å²) in [4.78, 5) is 0. The van der Waals surface area contributed by atoms with Crippen LogP contribution in [0.5, 0.6) is 0 Å². The molecule has 0 aromatic heterocycles. The smallest absolute Gasteiger partial charge is 0.0125 e. The topological polar surface area (TPSA) is 0 Å². The Labute approximate surface area is 620 Å². The zero-order chi connectivity index (χ0) is 74.1. The molecule has 0 aliphatic rings. The van der Waals surface area contributed by atoms with Crippen molar-refractivity contribution in [3.8, 4) is 77.9 Å². The van der Waals surface area contributed by atoms with E-state index in [4.69, 9.17) is 0 Å². The maximum absolute atomic E-state index is 2.25. The first-order valence-corrected chi connectivity index (χ1v) is 36.3. The van der Waals surface area contributed by atoms with Crippen molar-refractivity contribution >= 4 is 0 Å². The molecule has 14 rings (SSSR count). The fourth-order valence-electron chi connectivity index (χ4n) is 13.3. The van der Waals surface area contributed by atoms with Crippen molar-refractivity contribution < 1.29 is 0 Å². The maximum atomic E-state index is 2.25. The summed E-state index contributed by atoms with van der Waals surface area (Å²) in [6, 6.07) is 111. The third-order valence-corrected chi connectivity index (χ3v) is 18.3. The van der Waals surface area contributed by atoms with Crippen molar-refractivity contribution in [2.24, 2.45) is 0 Å².